The fourth-order valence-corrected chi connectivity index (χ4v) is 2.01. The van der Waals surface area contributed by atoms with Gasteiger partial charge in [0.05, 0.1) is 6.10 Å². The molecule has 0 aliphatic rings. The van der Waals surface area contributed by atoms with Gasteiger partial charge in [0.15, 0.2) is 0 Å². The van der Waals surface area contributed by atoms with Gasteiger partial charge in [0.25, 0.3) is 0 Å². The van der Waals surface area contributed by atoms with Gasteiger partial charge in [0.1, 0.15) is 0 Å². The van der Waals surface area contributed by atoms with Crippen molar-refractivity contribution in [1.29, 1.82) is 0 Å². The zero-order valence-corrected chi connectivity index (χ0v) is 11.8. The Balaban J connectivity index is 3.69. The number of hydrogen-bond donors (Lipinski definition) is 2. The Labute approximate surface area is 102 Å². The van der Waals surface area contributed by atoms with Crippen LogP contribution in [0.2, 0.25) is 0 Å². The molecule has 0 aromatic heterocycles. The van der Waals surface area contributed by atoms with E-state index in [2.05, 4.69) is 39.9 Å². The van der Waals surface area contributed by atoms with Crippen LogP contribution in [0.4, 0.5) is 0 Å². The second kappa shape index (κ2) is 9.00. The van der Waals surface area contributed by atoms with Crippen molar-refractivity contribution in [2.24, 2.45) is 11.8 Å². The van der Waals surface area contributed by atoms with Crippen LogP contribution in [0.5, 0.6) is 0 Å². The minimum atomic E-state index is -0.184. The predicted molar refractivity (Wildman–Crippen MR) is 71.6 cm³/mol. The Bertz CT molecular complexity index is 155. The third-order valence-electron chi connectivity index (χ3n) is 3.45. The van der Waals surface area contributed by atoms with Gasteiger partial charge >= 0.3 is 0 Å². The molecule has 0 aromatic rings. The lowest BCUT2D eigenvalue weighted by Crippen LogP contribution is -2.37. The fourth-order valence-electron chi connectivity index (χ4n) is 2.01. The molecule has 0 aromatic carbocycles. The first-order chi connectivity index (χ1) is 7.51. The minimum Gasteiger partial charge on any atom is -0.392 e. The summed E-state index contributed by atoms with van der Waals surface area (Å²) in [6.07, 6.45) is 4.42. The van der Waals surface area contributed by atoms with Crippen LogP contribution in [0.3, 0.4) is 0 Å². The van der Waals surface area contributed by atoms with Crippen LogP contribution in [0.1, 0.15) is 60.3 Å². The highest BCUT2D eigenvalue weighted by molar-refractivity contribution is 4.71. The molecule has 98 valence electrons. The number of hydrogen-bond acceptors (Lipinski definition) is 2. The van der Waals surface area contributed by atoms with Gasteiger partial charge in [-0.1, -0.05) is 40.5 Å². The lowest BCUT2D eigenvalue weighted by atomic mass is 9.96. The van der Waals surface area contributed by atoms with Gasteiger partial charge in [-0.3, -0.25) is 0 Å². The molecular weight excluding hydrogens is 198 g/mol. The van der Waals surface area contributed by atoms with E-state index in [0.29, 0.717) is 12.0 Å². The molecule has 0 saturated carbocycles. The highest BCUT2D eigenvalue weighted by Crippen LogP contribution is 2.13. The average Bonchev–Trinajstić information content (AvgIpc) is 2.25. The third kappa shape index (κ3) is 7.24. The van der Waals surface area contributed by atoms with Crippen LogP contribution in [-0.2, 0) is 0 Å². The molecule has 0 amide bonds. The van der Waals surface area contributed by atoms with E-state index in [9.17, 15) is 5.11 Å². The van der Waals surface area contributed by atoms with E-state index in [1.807, 2.05) is 0 Å². The van der Waals surface area contributed by atoms with Crippen LogP contribution in [0.15, 0.2) is 0 Å². The maximum Gasteiger partial charge on any atom is 0.0692 e. The maximum absolute atomic E-state index is 9.97. The van der Waals surface area contributed by atoms with Crippen molar-refractivity contribution in [2.75, 3.05) is 6.54 Å². The van der Waals surface area contributed by atoms with Gasteiger partial charge in [-0.25, -0.2) is 0 Å². The summed E-state index contributed by atoms with van der Waals surface area (Å²) in [5.74, 6) is 1.22. The quantitative estimate of drug-likeness (QED) is 0.636. The van der Waals surface area contributed by atoms with E-state index >= 15 is 0 Å². The van der Waals surface area contributed by atoms with E-state index in [1.165, 1.54) is 12.8 Å². The summed E-state index contributed by atoms with van der Waals surface area (Å²) >= 11 is 0. The van der Waals surface area contributed by atoms with Crippen LogP contribution in [0.25, 0.3) is 0 Å². The molecule has 0 aliphatic heterocycles. The van der Waals surface area contributed by atoms with Crippen LogP contribution in [0, 0.1) is 11.8 Å². The lowest BCUT2D eigenvalue weighted by Gasteiger charge is -2.23. The largest absolute Gasteiger partial charge is 0.392 e. The van der Waals surface area contributed by atoms with Crippen molar-refractivity contribution < 1.29 is 5.11 Å². The van der Waals surface area contributed by atoms with Gasteiger partial charge in [-0.05, 0) is 31.6 Å². The zero-order valence-electron chi connectivity index (χ0n) is 11.8. The molecule has 2 N–H and O–H groups in total. The van der Waals surface area contributed by atoms with Crippen molar-refractivity contribution in [1.82, 2.24) is 5.32 Å². The molecule has 0 fully saturated rings. The molecule has 0 bridgehead atoms. The number of aliphatic hydroxyl groups excluding tert-OH is 1. The van der Waals surface area contributed by atoms with Crippen molar-refractivity contribution in [3.05, 3.63) is 0 Å². The Morgan fingerprint density at radius 3 is 2.00 bits per heavy atom. The summed E-state index contributed by atoms with van der Waals surface area (Å²) in [7, 11) is 0. The second-order valence-corrected chi connectivity index (χ2v) is 5.42. The Morgan fingerprint density at radius 1 is 1.00 bits per heavy atom. The van der Waals surface area contributed by atoms with E-state index in [4.69, 9.17) is 0 Å². The van der Waals surface area contributed by atoms with Gasteiger partial charge in [0.2, 0.25) is 0 Å². The summed E-state index contributed by atoms with van der Waals surface area (Å²) in [6.45, 7) is 11.8. The van der Waals surface area contributed by atoms with E-state index in [0.717, 1.165) is 25.3 Å². The molecule has 0 saturated heterocycles. The normalized spacial score (nSPS) is 15.8. The predicted octanol–water partition coefficient (Wildman–Crippen LogP) is 3.20. The molecule has 2 nitrogen and oxygen atoms in total. The smallest absolute Gasteiger partial charge is 0.0692 e. The SMILES string of the molecule is CCC(CC)C(O)CNC(C)CCC(C)C. The summed E-state index contributed by atoms with van der Waals surface area (Å²) in [5, 5.41) is 13.4. The van der Waals surface area contributed by atoms with E-state index < -0.39 is 0 Å². The van der Waals surface area contributed by atoms with Crippen LogP contribution in [-0.4, -0.2) is 23.8 Å². The minimum absolute atomic E-state index is 0.184. The summed E-state index contributed by atoms with van der Waals surface area (Å²) < 4.78 is 0. The number of nitrogens with one attached hydrogen (secondary N) is 1. The standard InChI is InChI=1S/C14H31NO/c1-6-13(7-2)14(16)10-15-12(5)9-8-11(3)4/h11-16H,6-10H2,1-5H3. The van der Waals surface area contributed by atoms with Crippen LogP contribution < -0.4 is 5.32 Å². The molecule has 16 heavy (non-hydrogen) atoms. The highest BCUT2D eigenvalue weighted by Gasteiger charge is 2.15. The van der Waals surface area contributed by atoms with Gasteiger partial charge < -0.3 is 10.4 Å². The first-order valence-corrected chi connectivity index (χ1v) is 6.92. The highest BCUT2D eigenvalue weighted by atomic mass is 16.3. The number of aliphatic hydroxyl groups is 1. The number of rotatable bonds is 9. The summed E-state index contributed by atoms with van der Waals surface area (Å²) in [6, 6.07) is 0.520. The molecule has 2 unspecified atom stereocenters. The fraction of sp³-hybridized carbons (Fsp3) is 1.00. The van der Waals surface area contributed by atoms with Gasteiger partial charge in [-0.15, -0.1) is 0 Å². The monoisotopic (exact) mass is 229 g/mol. The molecule has 0 heterocycles. The first-order valence-electron chi connectivity index (χ1n) is 6.92. The Morgan fingerprint density at radius 2 is 1.56 bits per heavy atom. The van der Waals surface area contributed by atoms with Gasteiger partial charge in [0, 0.05) is 12.6 Å². The molecule has 0 radical (unpaired) electrons. The lowest BCUT2D eigenvalue weighted by molar-refractivity contribution is 0.0983. The molecule has 2 atom stereocenters. The van der Waals surface area contributed by atoms with Crippen LogP contribution >= 0.6 is 0 Å². The summed E-state index contributed by atoms with van der Waals surface area (Å²) in [4.78, 5) is 0. The van der Waals surface area contributed by atoms with Crippen molar-refractivity contribution in [2.45, 2.75) is 72.4 Å². The molecular formula is C14H31NO. The summed E-state index contributed by atoms with van der Waals surface area (Å²) in [5.41, 5.74) is 0. The molecule has 2 heteroatoms. The Kier molecular flexibility index (Phi) is 8.96. The third-order valence-corrected chi connectivity index (χ3v) is 3.45. The van der Waals surface area contributed by atoms with E-state index in [1.54, 1.807) is 0 Å². The molecule has 0 rings (SSSR count). The van der Waals surface area contributed by atoms with Crippen molar-refractivity contribution >= 4 is 0 Å². The van der Waals surface area contributed by atoms with E-state index in [-0.39, 0.29) is 6.10 Å². The van der Waals surface area contributed by atoms with Crippen molar-refractivity contribution in [3.8, 4) is 0 Å². The van der Waals surface area contributed by atoms with Crippen molar-refractivity contribution in [3.63, 3.8) is 0 Å². The topological polar surface area (TPSA) is 32.3 Å². The zero-order chi connectivity index (χ0) is 12.6. The van der Waals surface area contributed by atoms with Gasteiger partial charge in [-0.2, -0.15) is 0 Å². The maximum atomic E-state index is 9.97. The Hall–Kier alpha value is -0.0800. The average molecular weight is 229 g/mol. The first kappa shape index (κ1) is 15.9. The molecule has 0 aliphatic carbocycles. The molecule has 0 spiro atoms. The second-order valence-electron chi connectivity index (χ2n) is 5.42.